The molecular weight excluding hydrogens is 328 g/mol. The van der Waals surface area contributed by atoms with Gasteiger partial charge in [0.15, 0.2) is 0 Å². The largest absolute Gasteiger partial charge is 0.379 e. The fourth-order valence-electron chi connectivity index (χ4n) is 4.14. The average molecular weight is 354 g/mol. The predicted molar refractivity (Wildman–Crippen MR) is 99.6 cm³/mol. The smallest absolute Gasteiger partial charge is 0.257 e. The predicted octanol–water partition coefficient (Wildman–Crippen LogP) is 2.12. The third-order valence-corrected chi connectivity index (χ3v) is 5.64. The number of nitrogens with zero attached hydrogens (tertiary/aromatic N) is 4. The number of para-hydroxylation sites is 1. The van der Waals surface area contributed by atoms with E-state index in [1.54, 1.807) is 4.68 Å². The van der Waals surface area contributed by atoms with Crippen LogP contribution in [0.1, 0.15) is 29.4 Å². The molecule has 2 saturated heterocycles. The van der Waals surface area contributed by atoms with Gasteiger partial charge in [0, 0.05) is 37.9 Å². The first kappa shape index (κ1) is 17.2. The Bertz CT molecular complexity index is 767. The summed E-state index contributed by atoms with van der Waals surface area (Å²) >= 11 is 0. The summed E-state index contributed by atoms with van der Waals surface area (Å²) in [6, 6.07) is 10.5. The second-order valence-corrected chi connectivity index (χ2v) is 7.15. The van der Waals surface area contributed by atoms with Gasteiger partial charge in [-0.15, -0.1) is 0 Å². The van der Waals surface area contributed by atoms with E-state index < -0.39 is 0 Å². The molecule has 138 valence electrons. The topological polar surface area (TPSA) is 50.6 Å². The highest BCUT2D eigenvalue weighted by Crippen LogP contribution is 2.26. The summed E-state index contributed by atoms with van der Waals surface area (Å²) in [4.78, 5) is 17.7. The van der Waals surface area contributed by atoms with Crippen LogP contribution >= 0.6 is 0 Å². The molecule has 2 fully saturated rings. The summed E-state index contributed by atoms with van der Waals surface area (Å²) in [5, 5.41) is 4.55. The highest BCUT2D eigenvalue weighted by atomic mass is 16.5. The molecule has 26 heavy (non-hydrogen) atoms. The van der Waals surface area contributed by atoms with Gasteiger partial charge in [-0.25, -0.2) is 4.68 Å². The average Bonchev–Trinajstić information content (AvgIpc) is 3.26. The van der Waals surface area contributed by atoms with E-state index in [-0.39, 0.29) is 11.9 Å². The van der Waals surface area contributed by atoms with E-state index in [1.807, 2.05) is 48.4 Å². The lowest BCUT2D eigenvalue weighted by Crippen LogP contribution is -2.49. The molecule has 1 amide bonds. The van der Waals surface area contributed by atoms with Crippen molar-refractivity contribution < 1.29 is 9.53 Å². The maximum absolute atomic E-state index is 13.2. The van der Waals surface area contributed by atoms with Crippen LogP contribution in [0.25, 0.3) is 5.69 Å². The van der Waals surface area contributed by atoms with Crippen molar-refractivity contribution in [3.8, 4) is 5.69 Å². The number of aryl methyl sites for hydroxylation is 1. The molecule has 0 radical (unpaired) electrons. The Morgan fingerprint density at radius 2 is 1.88 bits per heavy atom. The van der Waals surface area contributed by atoms with Gasteiger partial charge in [0.1, 0.15) is 0 Å². The van der Waals surface area contributed by atoms with Crippen LogP contribution in [0.15, 0.2) is 36.5 Å². The molecule has 3 heterocycles. The first-order chi connectivity index (χ1) is 12.6. The molecule has 0 saturated carbocycles. The van der Waals surface area contributed by atoms with E-state index in [2.05, 4.69) is 16.9 Å². The molecule has 2 aromatic rings. The van der Waals surface area contributed by atoms with Crippen molar-refractivity contribution in [2.45, 2.75) is 32.4 Å². The summed E-state index contributed by atoms with van der Waals surface area (Å²) in [6.45, 7) is 8.39. The van der Waals surface area contributed by atoms with Crippen LogP contribution in [-0.2, 0) is 4.74 Å². The Balaban J connectivity index is 1.52. The zero-order chi connectivity index (χ0) is 18.1. The van der Waals surface area contributed by atoms with E-state index in [9.17, 15) is 4.79 Å². The number of hydrogen-bond acceptors (Lipinski definition) is 4. The fraction of sp³-hybridized carbons (Fsp3) is 0.500. The minimum Gasteiger partial charge on any atom is -0.379 e. The molecule has 1 aromatic heterocycles. The first-order valence-electron chi connectivity index (χ1n) is 9.39. The molecule has 1 aromatic carbocycles. The van der Waals surface area contributed by atoms with Crippen molar-refractivity contribution in [1.82, 2.24) is 19.6 Å². The molecule has 0 aliphatic carbocycles. The van der Waals surface area contributed by atoms with E-state index in [0.717, 1.165) is 50.7 Å². The Hall–Kier alpha value is -2.18. The Labute approximate surface area is 154 Å². The highest BCUT2D eigenvalue weighted by molar-refractivity contribution is 5.95. The maximum atomic E-state index is 13.2. The standard InChI is InChI=1S/C20H26N4O2/c1-15-18(14-24(21-15)17-6-4-3-5-7-17)20(25)23-9-8-19(16(23)2)22-10-12-26-13-11-22/h3-7,14,16,19H,8-13H2,1-2H3/t16-,19-/m1/s1. The minimum atomic E-state index is 0.0907. The number of benzene rings is 1. The van der Waals surface area contributed by atoms with Gasteiger partial charge in [0.05, 0.1) is 30.2 Å². The summed E-state index contributed by atoms with van der Waals surface area (Å²) in [6.07, 6.45) is 2.89. The number of ether oxygens (including phenoxy) is 1. The van der Waals surface area contributed by atoms with Crippen LogP contribution in [0.5, 0.6) is 0 Å². The van der Waals surface area contributed by atoms with Crippen LogP contribution < -0.4 is 0 Å². The van der Waals surface area contributed by atoms with Crippen LogP contribution in [0, 0.1) is 6.92 Å². The van der Waals surface area contributed by atoms with Gasteiger partial charge < -0.3 is 9.64 Å². The van der Waals surface area contributed by atoms with Crippen LogP contribution in [0.3, 0.4) is 0 Å². The molecule has 0 N–H and O–H groups in total. The van der Waals surface area contributed by atoms with Gasteiger partial charge in [0.25, 0.3) is 5.91 Å². The first-order valence-corrected chi connectivity index (χ1v) is 9.39. The van der Waals surface area contributed by atoms with Crippen molar-refractivity contribution in [1.29, 1.82) is 0 Å². The van der Waals surface area contributed by atoms with Crippen molar-refractivity contribution >= 4 is 5.91 Å². The number of aromatic nitrogens is 2. The number of carbonyl (C=O) groups excluding carboxylic acids is 1. The lowest BCUT2D eigenvalue weighted by atomic mass is 10.1. The zero-order valence-electron chi connectivity index (χ0n) is 15.5. The van der Waals surface area contributed by atoms with E-state index in [4.69, 9.17) is 4.74 Å². The SMILES string of the molecule is Cc1nn(-c2ccccc2)cc1C(=O)N1CC[C@@H](N2CCOCC2)[C@H]1C. The second-order valence-electron chi connectivity index (χ2n) is 7.15. The molecule has 0 unspecified atom stereocenters. The second kappa shape index (κ2) is 7.21. The molecule has 0 bridgehead atoms. The molecule has 6 nitrogen and oxygen atoms in total. The number of carbonyl (C=O) groups is 1. The van der Waals surface area contributed by atoms with E-state index in [0.29, 0.717) is 11.6 Å². The number of rotatable bonds is 3. The fourth-order valence-corrected chi connectivity index (χ4v) is 4.14. The normalized spacial score (nSPS) is 24.2. The molecule has 2 aliphatic rings. The molecule has 2 aliphatic heterocycles. The monoisotopic (exact) mass is 354 g/mol. The summed E-state index contributed by atoms with van der Waals surface area (Å²) in [5.41, 5.74) is 2.44. The van der Waals surface area contributed by atoms with Crippen LogP contribution in [-0.4, -0.2) is 70.4 Å². The van der Waals surface area contributed by atoms with Crippen LogP contribution in [0.4, 0.5) is 0 Å². The van der Waals surface area contributed by atoms with Gasteiger partial charge in [-0.05, 0) is 32.4 Å². The van der Waals surface area contributed by atoms with Crippen molar-refractivity contribution in [2.24, 2.45) is 0 Å². The van der Waals surface area contributed by atoms with Crippen molar-refractivity contribution in [2.75, 3.05) is 32.8 Å². The van der Waals surface area contributed by atoms with Crippen molar-refractivity contribution in [3.63, 3.8) is 0 Å². The summed E-state index contributed by atoms with van der Waals surface area (Å²) in [7, 11) is 0. The molecular formula is C20H26N4O2. The van der Waals surface area contributed by atoms with Gasteiger partial charge in [-0.2, -0.15) is 5.10 Å². The number of likely N-dealkylation sites (tertiary alicyclic amines) is 1. The number of hydrogen-bond donors (Lipinski definition) is 0. The lowest BCUT2D eigenvalue weighted by molar-refractivity contribution is 0.0104. The molecule has 6 heteroatoms. The maximum Gasteiger partial charge on any atom is 0.257 e. The van der Waals surface area contributed by atoms with Gasteiger partial charge in [0.2, 0.25) is 0 Å². The van der Waals surface area contributed by atoms with Crippen LogP contribution in [0.2, 0.25) is 0 Å². The lowest BCUT2D eigenvalue weighted by Gasteiger charge is -2.35. The van der Waals surface area contributed by atoms with E-state index in [1.165, 1.54) is 0 Å². The number of amides is 1. The number of morpholine rings is 1. The molecule has 2 atom stereocenters. The van der Waals surface area contributed by atoms with E-state index >= 15 is 0 Å². The molecule has 4 rings (SSSR count). The quantitative estimate of drug-likeness (QED) is 0.847. The third kappa shape index (κ3) is 3.15. The third-order valence-electron chi connectivity index (χ3n) is 5.64. The minimum absolute atomic E-state index is 0.0907. The summed E-state index contributed by atoms with van der Waals surface area (Å²) < 4.78 is 7.26. The Kier molecular flexibility index (Phi) is 4.78. The Morgan fingerprint density at radius 1 is 1.15 bits per heavy atom. The zero-order valence-corrected chi connectivity index (χ0v) is 15.5. The Morgan fingerprint density at radius 3 is 2.62 bits per heavy atom. The molecule has 0 spiro atoms. The highest BCUT2D eigenvalue weighted by Gasteiger charge is 2.38. The van der Waals surface area contributed by atoms with Crippen molar-refractivity contribution in [3.05, 3.63) is 47.8 Å². The van der Waals surface area contributed by atoms with Gasteiger partial charge in [-0.3, -0.25) is 9.69 Å². The van der Waals surface area contributed by atoms with Gasteiger partial charge in [-0.1, -0.05) is 18.2 Å². The summed E-state index contributed by atoms with van der Waals surface area (Å²) in [5.74, 6) is 0.0907. The van der Waals surface area contributed by atoms with Gasteiger partial charge >= 0.3 is 0 Å².